The van der Waals surface area contributed by atoms with Gasteiger partial charge in [0.15, 0.2) is 6.61 Å². The van der Waals surface area contributed by atoms with Crippen molar-refractivity contribution in [3.8, 4) is 5.75 Å². The highest BCUT2D eigenvalue weighted by Crippen LogP contribution is 2.28. The zero-order valence-electron chi connectivity index (χ0n) is 13.6. The maximum absolute atomic E-state index is 6.17. The smallest absolute Gasteiger partial charge is 0.255 e. The van der Waals surface area contributed by atoms with Crippen LogP contribution in [-0.2, 0) is 11.3 Å². The molecule has 1 aliphatic carbocycles. The van der Waals surface area contributed by atoms with E-state index >= 15 is 0 Å². The molecule has 0 saturated heterocycles. The van der Waals surface area contributed by atoms with Crippen LogP contribution in [-0.4, -0.2) is 16.2 Å². The maximum atomic E-state index is 6.17. The van der Waals surface area contributed by atoms with Gasteiger partial charge in [-0.1, -0.05) is 49.5 Å². The first kappa shape index (κ1) is 16.0. The second kappa shape index (κ2) is 8.11. The monoisotopic (exact) mass is 316 g/mol. The van der Waals surface area contributed by atoms with Gasteiger partial charge >= 0.3 is 0 Å². The van der Waals surface area contributed by atoms with Crippen molar-refractivity contribution in [2.45, 2.75) is 64.3 Å². The molecule has 1 aromatic carbocycles. The SMILES string of the molecule is CCC(OC1CCCCC1)c1nc(COc2ccccc2)no1. The summed E-state index contributed by atoms with van der Waals surface area (Å²) in [4.78, 5) is 4.43. The van der Waals surface area contributed by atoms with Crippen molar-refractivity contribution in [1.82, 2.24) is 10.1 Å². The summed E-state index contributed by atoms with van der Waals surface area (Å²) in [7, 11) is 0. The van der Waals surface area contributed by atoms with Gasteiger partial charge in [0.2, 0.25) is 5.82 Å². The van der Waals surface area contributed by atoms with Gasteiger partial charge in [-0.05, 0) is 31.4 Å². The van der Waals surface area contributed by atoms with Gasteiger partial charge in [0.25, 0.3) is 5.89 Å². The molecule has 124 valence electrons. The van der Waals surface area contributed by atoms with Crippen molar-refractivity contribution in [2.75, 3.05) is 0 Å². The highest BCUT2D eigenvalue weighted by Gasteiger charge is 2.23. The molecule has 1 saturated carbocycles. The van der Waals surface area contributed by atoms with Crippen molar-refractivity contribution >= 4 is 0 Å². The molecule has 1 atom stereocenters. The summed E-state index contributed by atoms with van der Waals surface area (Å²) in [6, 6.07) is 9.63. The Morgan fingerprint density at radius 2 is 1.96 bits per heavy atom. The van der Waals surface area contributed by atoms with Gasteiger partial charge < -0.3 is 14.0 Å². The summed E-state index contributed by atoms with van der Waals surface area (Å²) in [6.45, 7) is 2.38. The fraction of sp³-hybridized carbons (Fsp3) is 0.556. The number of aromatic nitrogens is 2. The van der Waals surface area contributed by atoms with Gasteiger partial charge in [-0.25, -0.2) is 0 Å². The molecule has 1 aromatic heterocycles. The molecule has 0 spiro atoms. The standard InChI is InChI=1S/C18H24N2O3/c1-2-16(22-15-11-7-4-8-12-15)18-19-17(20-23-18)13-21-14-9-5-3-6-10-14/h3,5-6,9-10,15-16H,2,4,7-8,11-13H2,1H3. The minimum atomic E-state index is -0.115. The number of para-hydroxylation sites is 1. The summed E-state index contributed by atoms with van der Waals surface area (Å²) in [5.74, 6) is 1.91. The number of rotatable bonds is 7. The molecule has 0 aliphatic heterocycles. The van der Waals surface area contributed by atoms with Crippen LogP contribution in [0.1, 0.15) is 63.3 Å². The van der Waals surface area contributed by atoms with E-state index in [-0.39, 0.29) is 6.10 Å². The number of benzene rings is 1. The number of ether oxygens (including phenoxy) is 2. The van der Waals surface area contributed by atoms with Crippen LogP contribution in [0.4, 0.5) is 0 Å². The van der Waals surface area contributed by atoms with Gasteiger partial charge in [0.05, 0.1) is 6.10 Å². The van der Waals surface area contributed by atoms with E-state index in [1.165, 1.54) is 19.3 Å². The van der Waals surface area contributed by atoms with Gasteiger partial charge in [-0.2, -0.15) is 4.98 Å². The zero-order chi connectivity index (χ0) is 15.9. The fourth-order valence-corrected chi connectivity index (χ4v) is 2.88. The first-order chi connectivity index (χ1) is 11.3. The second-order valence-corrected chi connectivity index (χ2v) is 5.94. The molecule has 0 radical (unpaired) electrons. The summed E-state index contributed by atoms with van der Waals surface area (Å²) < 4.78 is 17.2. The molecule has 3 rings (SSSR count). The Bertz CT molecular complexity index is 579. The van der Waals surface area contributed by atoms with E-state index in [4.69, 9.17) is 14.0 Å². The summed E-state index contributed by atoms with van der Waals surface area (Å²) >= 11 is 0. The highest BCUT2D eigenvalue weighted by molar-refractivity contribution is 5.20. The van der Waals surface area contributed by atoms with Crippen LogP contribution in [0, 0.1) is 0 Å². The lowest BCUT2D eigenvalue weighted by Gasteiger charge is -2.25. The Kier molecular flexibility index (Phi) is 5.64. The van der Waals surface area contributed by atoms with Crippen LogP contribution in [0.5, 0.6) is 5.75 Å². The van der Waals surface area contributed by atoms with Crippen molar-refractivity contribution < 1.29 is 14.0 Å². The molecule has 23 heavy (non-hydrogen) atoms. The topological polar surface area (TPSA) is 57.4 Å². The average molecular weight is 316 g/mol. The van der Waals surface area contributed by atoms with Crippen molar-refractivity contribution in [3.63, 3.8) is 0 Å². The van der Waals surface area contributed by atoms with Crippen LogP contribution < -0.4 is 4.74 Å². The molecular formula is C18H24N2O3. The molecule has 5 heteroatoms. The van der Waals surface area contributed by atoms with E-state index in [1.807, 2.05) is 30.3 Å². The van der Waals surface area contributed by atoms with Gasteiger partial charge in [-0.3, -0.25) is 0 Å². The van der Waals surface area contributed by atoms with E-state index in [9.17, 15) is 0 Å². The first-order valence-corrected chi connectivity index (χ1v) is 8.51. The van der Waals surface area contributed by atoms with Crippen molar-refractivity contribution in [1.29, 1.82) is 0 Å². The number of hydrogen-bond acceptors (Lipinski definition) is 5. The van der Waals surface area contributed by atoms with Gasteiger partial charge in [0.1, 0.15) is 11.9 Å². The summed E-state index contributed by atoms with van der Waals surface area (Å²) in [5, 5.41) is 4.00. The highest BCUT2D eigenvalue weighted by atomic mass is 16.5. The van der Waals surface area contributed by atoms with Crippen LogP contribution in [0.3, 0.4) is 0 Å². The van der Waals surface area contributed by atoms with Gasteiger partial charge in [0, 0.05) is 0 Å². The number of nitrogens with zero attached hydrogens (tertiary/aromatic N) is 2. The molecule has 1 fully saturated rings. The van der Waals surface area contributed by atoms with Gasteiger partial charge in [-0.15, -0.1) is 0 Å². The number of hydrogen-bond donors (Lipinski definition) is 0. The molecule has 5 nitrogen and oxygen atoms in total. The van der Waals surface area contributed by atoms with Crippen LogP contribution >= 0.6 is 0 Å². The Hall–Kier alpha value is -1.88. The molecule has 2 aromatic rings. The Morgan fingerprint density at radius 3 is 2.70 bits per heavy atom. The zero-order valence-corrected chi connectivity index (χ0v) is 13.6. The molecule has 1 aliphatic rings. The lowest BCUT2D eigenvalue weighted by atomic mass is 9.97. The summed E-state index contributed by atoms with van der Waals surface area (Å²) in [5.41, 5.74) is 0. The molecule has 1 unspecified atom stereocenters. The third kappa shape index (κ3) is 4.55. The Balaban J connectivity index is 1.55. The lowest BCUT2D eigenvalue weighted by molar-refractivity contribution is -0.0468. The van der Waals surface area contributed by atoms with E-state index in [0.29, 0.717) is 24.4 Å². The largest absolute Gasteiger partial charge is 0.485 e. The summed E-state index contributed by atoms with van der Waals surface area (Å²) in [6.07, 6.45) is 7.13. The van der Waals surface area contributed by atoms with E-state index in [2.05, 4.69) is 17.1 Å². The Morgan fingerprint density at radius 1 is 1.17 bits per heavy atom. The molecule has 0 N–H and O–H groups in total. The minimum Gasteiger partial charge on any atom is -0.485 e. The third-order valence-electron chi connectivity index (χ3n) is 4.15. The lowest BCUT2D eigenvalue weighted by Crippen LogP contribution is -2.19. The average Bonchev–Trinajstić information content (AvgIpc) is 3.08. The molecule has 0 amide bonds. The van der Waals surface area contributed by atoms with Crippen LogP contribution in [0.25, 0.3) is 0 Å². The molecule has 0 bridgehead atoms. The third-order valence-corrected chi connectivity index (χ3v) is 4.15. The van der Waals surface area contributed by atoms with E-state index in [1.54, 1.807) is 0 Å². The van der Waals surface area contributed by atoms with Crippen LogP contribution in [0.15, 0.2) is 34.9 Å². The quantitative estimate of drug-likeness (QED) is 0.755. The van der Waals surface area contributed by atoms with E-state index in [0.717, 1.165) is 25.0 Å². The molecule has 1 heterocycles. The van der Waals surface area contributed by atoms with E-state index < -0.39 is 0 Å². The predicted molar refractivity (Wildman–Crippen MR) is 86.1 cm³/mol. The Labute approximate surface area is 137 Å². The van der Waals surface area contributed by atoms with Crippen molar-refractivity contribution in [2.24, 2.45) is 0 Å². The molecular weight excluding hydrogens is 292 g/mol. The second-order valence-electron chi connectivity index (χ2n) is 5.94. The van der Waals surface area contributed by atoms with Crippen LogP contribution in [0.2, 0.25) is 0 Å². The van der Waals surface area contributed by atoms with Crippen molar-refractivity contribution in [3.05, 3.63) is 42.0 Å². The fourth-order valence-electron chi connectivity index (χ4n) is 2.88. The normalized spacial score (nSPS) is 17.1. The maximum Gasteiger partial charge on any atom is 0.255 e. The first-order valence-electron chi connectivity index (χ1n) is 8.51. The predicted octanol–water partition coefficient (Wildman–Crippen LogP) is 4.45. The minimum absolute atomic E-state index is 0.115.